The lowest BCUT2D eigenvalue weighted by Crippen LogP contribution is -2.53. The molecule has 4 rings (SSSR count). The van der Waals surface area contributed by atoms with E-state index in [1.54, 1.807) is 0 Å². The van der Waals surface area contributed by atoms with Crippen molar-refractivity contribution in [2.45, 2.75) is 63.6 Å². The van der Waals surface area contributed by atoms with E-state index in [0.29, 0.717) is 42.4 Å². The summed E-state index contributed by atoms with van der Waals surface area (Å²) in [6.07, 6.45) is 2.08. The highest BCUT2D eigenvalue weighted by atomic mass is 16.6. The number of carbonyl (C=O) groups excluding carboxylic acids is 3. The van der Waals surface area contributed by atoms with Gasteiger partial charge in [0.25, 0.3) is 0 Å². The minimum Gasteiger partial charge on any atom is -0.460 e. The fourth-order valence-electron chi connectivity index (χ4n) is 5.26. The lowest BCUT2D eigenvalue weighted by Gasteiger charge is -2.46. The first kappa shape index (κ1) is 20.0. The minimum atomic E-state index is -0.967. The maximum absolute atomic E-state index is 13.5. The van der Waals surface area contributed by atoms with Crippen molar-refractivity contribution in [3.05, 3.63) is 34.3 Å². The highest BCUT2D eigenvalue weighted by Gasteiger charge is 2.57. The predicted molar refractivity (Wildman–Crippen MR) is 102 cm³/mol. The Morgan fingerprint density at radius 1 is 1.34 bits per heavy atom. The highest BCUT2D eigenvalue weighted by molar-refractivity contribution is 6.13. The molecular formula is C22H26O7. The van der Waals surface area contributed by atoms with Crippen molar-refractivity contribution in [3.8, 4) is 0 Å². The summed E-state index contributed by atoms with van der Waals surface area (Å²) in [5.41, 5.74) is 0.718. The second-order valence-electron chi connectivity index (χ2n) is 8.34. The molecule has 4 atom stereocenters. The summed E-state index contributed by atoms with van der Waals surface area (Å²) < 4.78 is 16.6. The molecule has 1 fully saturated rings. The Balaban J connectivity index is 2.00. The molecule has 0 aromatic carbocycles. The highest BCUT2D eigenvalue weighted by Crippen LogP contribution is 2.53. The zero-order valence-electron chi connectivity index (χ0n) is 16.9. The van der Waals surface area contributed by atoms with Gasteiger partial charge in [-0.05, 0) is 31.3 Å². The van der Waals surface area contributed by atoms with Gasteiger partial charge in [0.05, 0.1) is 18.1 Å². The molecule has 0 spiro atoms. The van der Waals surface area contributed by atoms with E-state index in [4.69, 9.17) is 13.9 Å². The molecule has 2 heterocycles. The van der Waals surface area contributed by atoms with E-state index < -0.39 is 23.6 Å². The third-order valence-corrected chi connectivity index (χ3v) is 6.59. The number of aliphatic hydroxyl groups is 1. The molecule has 0 unspecified atom stereocenters. The topological polar surface area (TPSA) is 103 Å². The van der Waals surface area contributed by atoms with E-state index >= 15 is 0 Å². The number of allylic oxidation sites excluding steroid dienone is 1. The molecule has 2 aliphatic carbocycles. The number of furan rings is 1. The number of Topliss-reactive ketones (excluding diaryl/α,β-unsaturated/α-hetero) is 2. The van der Waals surface area contributed by atoms with Gasteiger partial charge in [0.1, 0.15) is 23.7 Å². The Morgan fingerprint density at radius 3 is 2.72 bits per heavy atom. The fourth-order valence-corrected chi connectivity index (χ4v) is 5.26. The Bertz CT molecular complexity index is 908. The van der Waals surface area contributed by atoms with Crippen LogP contribution in [0.2, 0.25) is 0 Å². The molecule has 1 aliphatic heterocycles. The summed E-state index contributed by atoms with van der Waals surface area (Å²) in [7, 11) is 1.51. The zero-order valence-corrected chi connectivity index (χ0v) is 16.9. The van der Waals surface area contributed by atoms with Crippen molar-refractivity contribution in [1.82, 2.24) is 0 Å². The number of ketones is 2. The van der Waals surface area contributed by atoms with Gasteiger partial charge in [-0.2, -0.15) is 0 Å². The quantitative estimate of drug-likeness (QED) is 0.730. The van der Waals surface area contributed by atoms with Crippen molar-refractivity contribution in [2.24, 2.45) is 5.92 Å². The zero-order chi connectivity index (χ0) is 20.9. The molecule has 1 N–H and O–H groups in total. The molecule has 7 heteroatoms. The van der Waals surface area contributed by atoms with Crippen LogP contribution in [0.3, 0.4) is 0 Å². The smallest absolute Gasteiger partial charge is 0.342 e. The fraction of sp³-hybridized carbons (Fsp3) is 0.591. The van der Waals surface area contributed by atoms with Gasteiger partial charge in [0.15, 0.2) is 5.76 Å². The van der Waals surface area contributed by atoms with E-state index in [0.717, 1.165) is 0 Å². The van der Waals surface area contributed by atoms with Crippen LogP contribution in [0.4, 0.5) is 0 Å². The molecule has 7 nitrogen and oxygen atoms in total. The Morgan fingerprint density at radius 2 is 2.10 bits per heavy atom. The number of hydrogen-bond acceptors (Lipinski definition) is 7. The van der Waals surface area contributed by atoms with Crippen LogP contribution in [0, 0.1) is 5.92 Å². The van der Waals surface area contributed by atoms with E-state index in [-0.39, 0.29) is 41.8 Å². The number of carbonyl (C=O) groups is 3. The summed E-state index contributed by atoms with van der Waals surface area (Å²) in [5, 5.41) is 11.2. The minimum absolute atomic E-state index is 0.110. The van der Waals surface area contributed by atoms with Crippen molar-refractivity contribution in [1.29, 1.82) is 0 Å². The molecule has 1 aromatic heterocycles. The molecule has 0 amide bonds. The first-order valence-corrected chi connectivity index (χ1v) is 10.1. The van der Waals surface area contributed by atoms with Gasteiger partial charge in [-0.15, -0.1) is 0 Å². The van der Waals surface area contributed by atoms with E-state index in [2.05, 4.69) is 0 Å². The lowest BCUT2D eigenvalue weighted by molar-refractivity contribution is -0.117. The normalized spacial score (nSPS) is 29.9. The van der Waals surface area contributed by atoms with Crippen LogP contribution in [0.15, 0.2) is 21.8 Å². The third-order valence-electron chi connectivity index (χ3n) is 6.59. The van der Waals surface area contributed by atoms with Crippen LogP contribution in [0.25, 0.3) is 0 Å². The Hall–Kier alpha value is -2.25. The molecule has 1 aromatic rings. The van der Waals surface area contributed by atoms with Crippen LogP contribution >= 0.6 is 0 Å². The van der Waals surface area contributed by atoms with Gasteiger partial charge in [0.2, 0.25) is 5.78 Å². The molecule has 3 aliphatic rings. The van der Waals surface area contributed by atoms with Gasteiger partial charge < -0.3 is 19.0 Å². The maximum atomic E-state index is 13.5. The van der Waals surface area contributed by atoms with Crippen LogP contribution in [-0.2, 0) is 19.7 Å². The third kappa shape index (κ3) is 2.82. The SMILES string of the molecule is CCC[C@@H](O)C1=C([C@@H]2CCC(=O)C2)C(=O)c2occ3c2[C@]1(C)[C@@H](COC)OC3=O. The molecule has 0 bridgehead atoms. The van der Waals surface area contributed by atoms with Crippen LogP contribution in [-0.4, -0.2) is 48.6 Å². The van der Waals surface area contributed by atoms with Gasteiger partial charge in [-0.3, -0.25) is 9.59 Å². The molecule has 0 radical (unpaired) electrons. The first-order chi connectivity index (χ1) is 13.8. The number of methoxy groups -OCH3 is 1. The van der Waals surface area contributed by atoms with Gasteiger partial charge >= 0.3 is 5.97 Å². The van der Waals surface area contributed by atoms with Crippen LogP contribution in [0.1, 0.15) is 72.4 Å². The first-order valence-electron chi connectivity index (χ1n) is 10.1. The molecular weight excluding hydrogens is 376 g/mol. The lowest BCUT2D eigenvalue weighted by atomic mass is 9.60. The van der Waals surface area contributed by atoms with Crippen molar-refractivity contribution >= 4 is 17.5 Å². The molecule has 0 saturated heterocycles. The van der Waals surface area contributed by atoms with E-state index in [1.165, 1.54) is 13.4 Å². The largest absolute Gasteiger partial charge is 0.460 e. The number of cyclic esters (lactones) is 1. The Kier molecular flexibility index (Phi) is 4.99. The van der Waals surface area contributed by atoms with Gasteiger partial charge in [0, 0.05) is 31.1 Å². The Labute approximate surface area is 169 Å². The standard InChI is InChI=1S/C22H26O7/c1-4-5-14(24)18-16(11-6-7-12(23)8-11)19(25)20-17-13(9-28-20)21(26)29-15(10-27-3)22(17,18)2/h9,11,14-15,24H,4-8,10H2,1-3H3/t11-,14-,15-,22+/m1/s1. The summed E-state index contributed by atoms with van der Waals surface area (Å²) in [6.45, 7) is 3.94. The second-order valence-corrected chi connectivity index (χ2v) is 8.34. The van der Waals surface area contributed by atoms with Crippen molar-refractivity contribution in [2.75, 3.05) is 13.7 Å². The number of rotatable bonds is 6. The van der Waals surface area contributed by atoms with E-state index in [9.17, 15) is 19.5 Å². The van der Waals surface area contributed by atoms with E-state index in [1.807, 2.05) is 13.8 Å². The van der Waals surface area contributed by atoms with Gasteiger partial charge in [-0.1, -0.05) is 13.3 Å². The summed E-state index contributed by atoms with van der Waals surface area (Å²) in [4.78, 5) is 38.0. The van der Waals surface area contributed by atoms with Crippen molar-refractivity contribution < 1.29 is 33.4 Å². The summed E-state index contributed by atoms with van der Waals surface area (Å²) in [6, 6.07) is 0. The summed E-state index contributed by atoms with van der Waals surface area (Å²) in [5.74, 6) is -0.942. The van der Waals surface area contributed by atoms with Crippen molar-refractivity contribution in [3.63, 3.8) is 0 Å². The van der Waals surface area contributed by atoms with Crippen LogP contribution in [0.5, 0.6) is 0 Å². The molecule has 156 valence electrons. The number of hydrogen-bond donors (Lipinski definition) is 1. The van der Waals surface area contributed by atoms with Gasteiger partial charge in [-0.25, -0.2) is 4.79 Å². The predicted octanol–water partition coefficient (Wildman–Crippen LogP) is 2.75. The number of ether oxygens (including phenoxy) is 2. The molecule has 1 saturated carbocycles. The average Bonchev–Trinajstić information content (AvgIpc) is 3.30. The molecule has 29 heavy (non-hydrogen) atoms. The van der Waals surface area contributed by atoms with Crippen LogP contribution < -0.4 is 0 Å². The number of aliphatic hydroxyl groups excluding tert-OH is 1. The monoisotopic (exact) mass is 402 g/mol. The average molecular weight is 402 g/mol. The number of esters is 1. The maximum Gasteiger partial charge on any atom is 0.342 e. The second kappa shape index (κ2) is 7.22. The summed E-state index contributed by atoms with van der Waals surface area (Å²) >= 11 is 0.